The van der Waals surface area contributed by atoms with Crippen molar-refractivity contribution in [2.45, 2.75) is 26.9 Å². The number of amides is 1. The van der Waals surface area contributed by atoms with Crippen LogP contribution in [-0.4, -0.2) is 17.0 Å². The van der Waals surface area contributed by atoms with Crippen LogP contribution in [0.5, 0.6) is 5.75 Å². The fourth-order valence-electron chi connectivity index (χ4n) is 1.95. The predicted octanol–water partition coefficient (Wildman–Crippen LogP) is 4.41. The normalized spacial score (nSPS) is 11.9. The molecule has 4 nitrogen and oxygen atoms in total. The van der Waals surface area contributed by atoms with Gasteiger partial charge in [0.25, 0.3) is 5.91 Å². The van der Waals surface area contributed by atoms with Crippen LogP contribution in [0.25, 0.3) is 0 Å². The maximum Gasteiger partial charge on any atom is 0.266 e. The third-order valence-electron chi connectivity index (χ3n) is 2.92. The summed E-state index contributed by atoms with van der Waals surface area (Å²) in [6.07, 6.45) is -0.721. The number of halogens is 2. The molecule has 0 spiro atoms. The number of nitrogens with zero attached hydrogens (tertiary/aromatic N) is 1. The van der Waals surface area contributed by atoms with Crippen LogP contribution < -0.4 is 10.1 Å². The monoisotopic (exact) mass is 338 g/mol. The third kappa shape index (κ3) is 4.36. The van der Waals surface area contributed by atoms with E-state index in [9.17, 15) is 4.79 Å². The van der Waals surface area contributed by atoms with E-state index in [4.69, 9.17) is 27.9 Å². The standard InChI is InChI=1S/C16H16Cl2N2O2/c1-9-6-10(2)19-15(7-9)20-16(21)11(3)22-14-5-4-12(17)8-13(14)18/h4-8,11H,1-3H3,(H,19,20,21). The van der Waals surface area contributed by atoms with Crippen molar-refractivity contribution in [3.8, 4) is 5.75 Å². The van der Waals surface area contributed by atoms with Crippen LogP contribution >= 0.6 is 23.2 Å². The highest BCUT2D eigenvalue weighted by atomic mass is 35.5. The van der Waals surface area contributed by atoms with Gasteiger partial charge in [-0.15, -0.1) is 0 Å². The second-order valence-electron chi connectivity index (χ2n) is 5.00. The van der Waals surface area contributed by atoms with Gasteiger partial charge in [-0.05, 0) is 56.7 Å². The van der Waals surface area contributed by atoms with Gasteiger partial charge in [-0.3, -0.25) is 4.79 Å². The summed E-state index contributed by atoms with van der Waals surface area (Å²) in [7, 11) is 0. The molecular weight excluding hydrogens is 323 g/mol. The Balaban J connectivity index is 2.05. The maximum absolute atomic E-state index is 12.2. The van der Waals surface area contributed by atoms with Gasteiger partial charge < -0.3 is 10.1 Å². The lowest BCUT2D eigenvalue weighted by atomic mass is 10.2. The van der Waals surface area contributed by atoms with Crippen LogP contribution in [0, 0.1) is 13.8 Å². The lowest BCUT2D eigenvalue weighted by Gasteiger charge is -2.15. The van der Waals surface area contributed by atoms with E-state index in [1.54, 1.807) is 31.2 Å². The fourth-order valence-corrected chi connectivity index (χ4v) is 2.40. The summed E-state index contributed by atoms with van der Waals surface area (Å²) in [5.41, 5.74) is 1.86. The number of ether oxygens (including phenoxy) is 1. The molecule has 6 heteroatoms. The molecule has 2 aromatic rings. The maximum atomic E-state index is 12.2. The van der Waals surface area contributed by atoms with Gasteiger partial charge in [0, 0.05) is 10.7 Å². The average Bonchev–Trinajstić information content (AvgIpc) is 2.40. The lowest BCUT2D eigenvalue weighted by molar-refractivity contribution is -0.122. The number of carbonyl (C=O) groups is 1. The van der Waals surface area contributed by atoms with E-state index in [2.05, 4.69) is 10.3 Å². The van der Waals surface area contributed by atoms with Gasteiger partial charge in [0.15, 0.2) is 6.10 Å². The molecule has 1 N–H and O–H groups in total. The molecule has 0 radical (unpaired) electrons. The van der Waals surface area contributed by atoms with Gasteiger partial charge in [0.2, 0.25) is 0 Å². The van der Waals surface area contributed by atoms with Crippen molar-refractivity contribution in [2.24, 2.45) is 0 Å². The number of carbonyl (C=O) groups excluding carboxylic acids is 1. The molecule has 2 rings (SSSR count). The summed E-state index contributed by atoms with van der Waals surface area (Å²) < 4.78 is 5.56. The lowest BCUT2D eigenvalue weighted by Crippen LogP contribution is -2.30. The van der Waals surface area contributed by atoms with E-state index in [0.29, 0.717) is 21.6 Å². The van der Waals surface area contributed by atoms with Crippen LogP contribution in [0.1, 0.15) is 18.2 Å². The number of hydrogen-bond donors (Lipinski definition) is 1. The van der Waals surface area contributed by atoms with Gasteiger partial charge in [0.05, 0.1) is 5.02 Å². The first-order chi connectivity index (χ1) is 10.3. The molecule has 1 unspecified atom stereocenters. The first kappa shape index (κ1) is 16.6. The van der Waals surface area contributed by atoms with Gasteiger partial charge >= 0.3 is 0 Å². The van der Waals surface area contributed by atoms with Gasteiger partial charge in [-0.25, -0.2) is 4.98 Å². The van der Waals surface area contributed by atoms with Crippen LogP contribution in [-0.2, 0) is 4.79 Å². The zero-order chi connectivity index (χ0) is 16.3. The number of hydrogen-bond acceptors (Lipinski definition) is 3. The summed E-state index contributed by atoms with van der Waals surface area (Å²) in [6, 6.07) is 8.58. The van der Waals surface area contributed by atoms with Crippen molar-refractivity contribution in [3.63, 3.8) is 0 Å². The average molecular weight is 339 g/mol. The molecule has 1 aromatic carbocycles. The first-order valence-corrected chi connectivity index (χ1v) is 7.48. The molecule has 0 saturated carbocycles. The molecule has 0 aliphatic carbocycles. The van der Waals surface area contributed by atoms with Crippen molar-refractivity contribution in [1.29, 1.82) is 0 Å². The van der Waals surface area contributed by atoms with Crippen LogP contribution in [0.15, 0.2) is 30.3 Å². The summed E-state index contributed by atoms with van der Waals surface area (Å²) in [4.78, 5) is 16.4. The Morgan fingerprint density at radius 3 is 2.59 bits per heavy atom. The van der Waals surface area contributed by atoms with E-state index >= 15 is 0 Å². The van der Waals surface area contributed by atoms with Crippen LogP contribution in [0.3, 0.4) is 0 Å². The molecule has 1 amide bonds. The zero-order valence-electron chi connectivity index (χ0n) is 12.5. The van der Waals surface area contributed by atoms with E-state index in [0.717, 1.165) is 11.3 Å². The van der Waals surface area contributed by atoms with E-state index < -0.39 is 6.10 Å². The molecule has 0 saturated heterocycles. The molecular formula is C16H16Cl2N2O2. The summed E-state index contributed by atoms with van der Waals surface area (Å²) >= 11 is 11.9. The molecule has 1 atom stereocenters. The minimum absolute atomic E-state index is 0.302. The highest BCUT2D eigenvalue weighted by Crippen LogP contribution is 2.28. The van der Waals surface area contributed by atoms with Crippen molar-refractivity contribution >= 4 is 34.9 Å². The smallest absolute Gasteiger partial charge is 0.266 e. The highest BCUT2D eigenvalue weighted by molar-refractivity contribution is 6.35. The number of aryl methyl sites for hydroxylation is 2. The van der Waals surface area contributed by atoms with E-state index in [-0.39, 0.29) is 5.91 Å². The summed E-state index contributed by atoms with van der Waals surface area (Å²) in [5, 5.41) is 3.60. The van der Waals surface area contributed by atoms with Gasteiger partial charge in [-0.2, -0.15) is 0 Å². The Labute approximate surface area is 139 Å². The number of rotatable bonds is 4. The number of pyridine rings is 1. The van der Waals surface area contributed by atoms with Gasteiger partial charge in [0.1, 0.15) is 11.6 Å². The number of benzene rings is 1. The van der Waals surface area contributed by atoms with Crippen LogP contribution in [0.2, 0.25) is 10.0 Å². The first-order valence-electron chi connectivity index (χ1n) is 6.73. The van der Waals surface area contributed by atoms with Crippen molar-refractivity contribution in [1.82, 2.24) is 4.98 Å². The predicted molar refractivity (Wildman–Crippen MR) is 88.9 cm³/mol. The van der Waals surface area contributed by atoms with Crippen LogP contribution in [0.4, 0.5) is 5.82 Å². The molecule has 1 aromatic heterocycles. The Morgan fingerprint density at radius 1 is 1.23 bits per heavy atom. The molecule has 0 aliphatic rings. The molecule has 1 heterocycles. The SMILES string of the molecule is Cc1cc(C)nc(NC(=O)C(C)Oc2ccc(Cl)cc2Cl)c1. The van der Waals surface area contributed by atoms with Crippen molar-refractivity contribution < 1.29 is 9.53 Å². The topological polar surface area (TPSA) is 51.2 Å². The Bertz CT molecular complexity index is 684. The minimum atomic E-state index is -0.721. The summed E-state index contributed by atoms with van der Waals surface area (Å²) in [6.45, 7) is 5.46. The summed E-state index contributed by atoms with van der Waals surface area (Å²) in [5.74, 6) is 0.603. The van der Waals surface area contributed by atoms with Crippen molar-refractivity contribution in [3.05, 3.63) is 51.6 Å². The largest absolute Gasteiger partial charge is 0.479 e. The minimum Gasteiger partial charge on any atom is -0.479 e. The van der Waals surface area contributed by atoms with E-state index in [1.165, 1.54) is 0 Å². The number of nitrogens with one attached hydrogen (secondary N) is 1. The zero-order valence-corrected chi connectivity index (χ0v) is 14.0. The fraction of sp³-hybridized carbons (Fsp3) is 0.250. The molecule has 22 heavy (non-hydrogen) atoms. The second kappa shape index (κ2) is 6.99. The number of anilines is 1. The molecule has 116 valence electrons. The number of aromatic nitrogens is 1. The van der Waals surface area contributed by atoms with Crippen molar-refractivity contribution in [2.75, 3.05) is 5.32 Å². The highest BCUT2D eigenvalue weighted by Gasteiger charge is 2.17. The molecule has 0 fully saturated rings. The van der Waals surface area contributed by atoms with E-state index in [1.807, 2.05) is 19.9 Å². The Kier molecular flexibility index (Phi) is 5.27. The Hall–Kier alpha value is -1.78. The molecule has 0 aliphatic heterocycles. The quantitative estimate of drug-likeness (QED) is 0.898. The Morgan fingerprint density at radius 2 is 1.95 bits per heavy atom. The third-order valence-corrected chi connectivity index (χ3v) is 3.45. The van der Waals surface area contributed by atoms with Gasteiger partial charge in [-0.1, -0.05) is 23.2 Å². The second-order valence-corrected chi connectivity index (χ2v) is 5.84. The molecule has 0 bridgehead atoms.